The molecule has 0 N–H and O–H groups in total. The lowest BCUT2D eigenvalue weighted by molar-refractivity contribution is -0.143. The Kier molecular flexibility index (Phi) is 6.32. The van der Waals surface area contributed by atoms with Gasteiger partial charge in [0.05, 0.1) is 23.3 Å². The SMILES string of the molecule is CCOC(=O)CC1CCCn2c1c(Sc1ccc(Cl)cc1)c1c(S(C)(=O)=O)ccnc12. The number of pyridine rings is 1. The minimum Gasteiger partial charge on any atom is -0.466 e. The van der Waals surface area contributed by atoms with E-state index >= 15 is 0 Å². The van der Waals surface area contributed by atoms with Gasteiger partial charge in [-0.2, -0.15) is 0 Å². The number of carbonyl (C=O) groups excluding carboxylic acids is 1. The molecule has 1 aliphatic heterocycles. The number of esters is 1. The molecule has 0 radical (unpaired) electrons. The number of benzene rings is 1. The fraction of sp³-hybridized carbons (Fsp3) is 0.364. The number of ether oxygens (including phenoxy) is 1. The third-order valence-corrected chi connectivity index (χ3v) is 7.89. The molecule has 1 atom stereocenters. The highest BCUT2D eigenvalue weighted by molar-refractivity contribution is 7.99. The molecule has 3 aromatic rings. The fourth-order valence-electron chi connectivity index (χ4n) is 4.13. The number of fused-ring (bicyclic) bond motifs is 3. The molecule has 3 heterocycles. The molecule has 0 amide bonds. The van der Waals surface area contributed by atoms with Crippen LogP contribution >= 0.6 is 23.4 Å². The van der Waals surface area contributed by atoms with Crippen molar-refractivity contribution in [2.45, 2.75) is 53.3 Å². The van der Waals surface area contributed by atoms with Gasteiger partial charge in [0, 0.05) is 45.4 Å². The van der Waals surface area contributed by atoms with Gasteiger partial charge < -0.3 is 9.30 Å². The summed E-state index contributed by atoms with van der Waals surface area (Å²) in [6.45, 7) is 2.85. The van der Waals surface area contributed by atoms with Crippen LogP contribution in [0.2, 0.25) is 5.02 Å². The number of hydrogen-bond donors (Lipinski definition) is 0. The van der Waals surface area contributed by atoms with E-state index in [0.29, 0.717) is 22.7 Å². The number of nitrogens with zero attached hydrogens (tertiary/aromatic N) is 2. The highest BCUT2D eigenvalue weighted by Crippen LogP contribution is 2.47. The van der Waals surface area contributed by atoms with Crippen LogP contribution in [-0.2, 0) is 25.9 Å². The first-order valence-electron chi connectivity index (χ1n) is 10.1. The van der Waals surface area contributed by atoms with Gasteiger partial charge in [0.1, 0.15) is 5.65 Å². The number of carbonyl (C=O) groups is 1. The van der Waals surface area contributed by atoms with Gasteiger partial charge in [0.2, 0.25) is 0 Å². The Balaban J connectivity index is 1.95. The monoisotopic (exact) mass is 478 g/mol. The van der Waals surface area contributed by atoms with E-state index < -0.39 is 9.84 Å². The summed E-state index contributed by atoms with van der Waals surface area (Å²) in [6, 6.07) is 8.97. The molecule has 164 valence electrons. The minimum absolute atomic E-state index is 0.0655. The zero-order valence-corrected chi connectivity index (χ0v) is 19.7. The molecule has 0 saturated carbocycles. The fourth-order valence-corrected chi connectivity index (χ4v) is 6.39. The van der Waals surface area contributed by atoms with Gasteiger partial charge >= 0.3 is 5.97 Å². The Morgan fingerprint density at radius 1 is 1.29 bits per heavy atom. The summed E-state index contributed by atoms with van der Waals surface area (Å²) >= 11 is 7.53. The van der Waals surface area contributed by atoms with Crippen molar-refractivity contribution in [3.05, 3.63) is 47.2 Å². The van der Waals surface area contributed by atoms with Gasteiger partial charge in [-0.25, -0.2) is 13.4 Å². The van der Waals surface area contributed by atoms with Gasteiger partial charge in [-0.1, -0.05) is 23.4 Å². The Bertz CT molecular complexity index is 1240. The molecule has 2 aromatic heterocycles. The van der Waals surface area contributed by atoms with Crippen LogP contribution in [0.3, 0.4) is 0 Å². The van der Waals surface area contributed by atoms with Crippen molar-refractivity contribution in [1.82, 2.24) is 9.55 Å². The van der Waals surface area contributed by atoms with Crippen LogP contribution in [0.4, 0.5) is 0 Å². The molecule has 1 unspecified atom stereocenters. The van der Waals surface area contributed by atoms with Crippen LogP contribution in [0.25, 0.3) is 11.0 Å². The number of halogens is 1. The number of aryl methyl sites for hydroxylation is 1. The first kappa shape index (κ1) is 22.2. The summed E-state index contributed by atoms with van der Waals surface area (Å²) in [5.41, 5.74) is 1.60. The molecule has 1 aromatic carbocycles. The maximum atomic E-state index is 12.6. The predicted octanol–water partition coefficient (Wildman–Crippen LogP) is 5.08. The van der Waals surface area contributed by atoms with Crippen LogP contribution in [-0.4, -0.2) is 36.8 Å². The summed E-state index contributed by atoms with van der Waals surface area (Å²) in [6.07, 6.45) is 4.73. The van der Waals surface area contributed by atoms with Crippen molar-refractivity contribution in [1.29, 1.82) is 0 Å². The molecule has 31 heavy (non-hydrogen) atoms. The topological polar surface area (TPSA) is 78.3 Å². The second-order valence-corrected chi connectivity index (χ2v) is 11.1. The van der Waals surface area contributed by atoms with E-state index in [4.69, 9.17) is 16.3 Å². The largest absolute Gasteiger partial charge is 0.466 e. The van der Waals surface area contributed by atoms with Crippen LogP contribution in [0.1, 0.15) is 37.8 Å². The predicted molar refractivity (Wildman–Crippen MR) is 122 cm³/mol. The molecule has 4 rings (SSSR count). The number of hydrogen-bond acceptors (Lipinski definition) is 6. The first-order chi connectivity index (χ1) is 14.8. The van der Waals surface area contributed by atoms with Crippen LogP contribution in [0.15, 0.2) is 51.2 Å². The molecular weight excluding hydrogens is 456 g/mol. The second kappa shape index (κ2) is 8.84. The first-order valence-corrected chi connectivity index (χ1v) is 13.2. The Hall–Kier alpha value is -2.03. The number of rotatable bonds is 6. The van der Waals surface area contributed by atoms with Gasteiger partial charge in [0.25, 0.3) is 0 Å². The summed E-state index contributed by atoms with van der Waals surface area (Å²) < 4.78 is 32.5. The van der Waals surface area contributed by atoms with Crippen LogP contribution < -0.4 is 0 Å². The smallest absolute Gasteiger partial charge is 0.306 e. The Morgan fingerprint density at radius 2 is 2.03 bits per heavy atom. The molecule has 1 aliphatic rings. The maximum Gasteiger partial charge on any atom is 0.306 e. The highest BCUT2D eigenvalue weighted by Gasteiger charge is 2.32. The summed E-state index contributed by atoms with van der Waals surface area (Å²) in [5.74, 6) is -0.311. The van der Waals surface area contributed by atoms with Crippen molar-refractivity contribution < 1.29 is 17.9 Å². The van der Waals surface area contributed by atoms with Crippen LogP contribution in [0, 0.1) is 0 Å². The van der Waals surface area contributed by atoms with E-state index in [9.17, 15) is 13.2 Å². The number of sulfone groups is 1. The standard InChI is InChI=1S/C22H23ClN2O4S2/c1-3-29-18(26)13-14-5-4-12-25-20(14)21(30-16-8-6-15(23)7-9-16)19-17(31(2,27)28)10-11-24-22(19)25/h6-11,14H,3-5,12-13H2,1-2H3. The lowest BCUT2D eigenvalue weighted by atomic mass is 9.93. The zero-order chi connectivity index (χ0) is 22.2. The molecule has 0 saturated heterocycles. The molecule has 9 heteroatoms. The summed E-state index contributed by atoms with van der Waals surface area (Å²) in [7, 11) is -3.48. The molecule has 6 nitrogen and oxygen atoms in total. The van der Waals surface area contributed by atoms with Gasteiger partial charge in [0.15, 0.2) is 9.84 Å². The molecule has 0 fully saturated rings. The zero-order valence-electron chi connectivity index (χ0n) is 17.3. The average Bonchev–Trinajstić information content (AvgIpc) is 3.04. The maximum absolute atomic E-state index is 12.6. The highest BCUT2D eigenvalue weighted by atomic mass is 35.5. The van der Waals surface area contributed by atoms with Gasteiger partial charge in [-0.3, -0.25) is 4.79 Å². The molecule has 0 spiro atoms. The second-order valence-electron chi connectivity index (χ2n) is 7.55. The van der Waals surface area contributed by atoms with Gasteiger partial charge in [-0.15, -0.1) is 0 Å². The van der Waals surface area contributed by atoms with E-state index in [0.717, 1.165) is 34.9 Å². The van der Waals surface area contributed by atoms with E-state index in [-0.39, 0.29) is 23.2 Å². The average molecular weight is 479 g/mol. The summed E-state index contributed by atoms with van der Waals surface area (Å²) in [5, 5.41) is 1.25. The van der Waals surface area contributed by atoms with Crippen molar-refractivity contribution in [2.24, 2.45) is 0 Å². The van der Waals surface area contributed by atoms with Crippen LogP contribution in [0.5, 0.6) is 0 Å². The van der Waals surface area contributed by atoms with E-state index in [2.05, 4.69) is 9.55 Å². The van der Waals surface area contributed by atoms with Crippen molar-refractivity contribution in [2.75, 3.05) is 12.9 Å². The normalized spacial score (nSPS) is 16.3. The molecule has 0 aliphatic carbocycles. The molecular formula is C22H23ClN2O4S2. The third kappa shape index (κ3) is 4.47. The third-order valence-electron chi connectivity index (χ3n) is 5.37. The van der Waals surface area contributed by atoms with Gasteiger partial charge in [-0.05, 0) is 50.1 Å². The molecule has 0 bridgehead atoms. The summed E-state index contributed by atoms with van der Waals surface area (Å²) in [4.78, 5) is 18.9. The van der Waals surface area contributed by atoms with E-state index in [1.807, 2.05) is 12.1 Å². The minimum atomic E-state index is -3.48. The van der Waals surface area contributed by atoms with E-state index in [1.165, 1.54) is 24.2 Å². The Labute approximate surface area is 190 Å². The quantitative estimate of drug-likeness (QED) is 0.460. The van der Waals surface area contributed by atoms with E-state index in [1.54, 1.807) is 25.1 Å². The van der Waals surface area contributed by atoms with Crippen molar-refractivity contribution in [3.8, 4) is 0 Å². The van der Waals surface area contributed by atoms with Crippen molar-refractivity contribution >= 4 is 50.2 Å². The number of aromatic nitrogens is 2. The lowest BCUT2D eigenvalue weighted by Gasteiger charge is -2.25. The lowest BCUT2D eigenvalue weighted by Crippen LogP contribution is -2.19. The Morgan fingerprint density at radius 3 is 2.71 bits per heavy atom. The van der Waals surface area contributed by atoms with Crippen molar-refractivity contribution in [3.63, 3.8) is 0 Å².